The molecule has 0 unspecified atom stereocenters. The number of H-pyrrole nitrogens is 1. The molecule has 0 aliphatic heterocycles. The van der Waals surface area contributed by atoms with Gasteiger partial charge in [-0.05, 0) is 66.2 Å². The number of nitrogens with zero attached hydrogens (tertiary/aromatic N) is 1. The lowest BCUT2D eigenvalue weighted by atomic mass is 10.2. The third-order valence-electron chi connectivity index (χ3n) is 4.52. The molecule has 2 N–H and O–H groups in total. The number of carbonyl (C=O) groups excluding carboxylic acids is 1. The van der Waals surface area contributed by atoms with Crippen molar-refractivity contribution in [3.05, 3.63) is 87.7 Å². The number of hydrogen-bond donors (Lipinski definition) is 2. The topological polar surface area (TPSA) is 102 Å². The van der Waals surface area contributed by atoms with Crippen LogP contribution in [0, 0.1) is 0 Å². The molecule has 1 heterocycles. The molecule has 0 amide bonds. The summed E-state index contributed by atoms with van der Waals surface area (Å²) < 4.78 is 11.3. The Kier molecular flexibility index (Phi) is 6.30. The number of hydrogen-bond acceptors (Lipinski definition) is 5. The van der Waals surface area contributed by atoms with Crippen molar-refractivity contribution in [2.75, 3.05) is 6.61 Å². The highest BCUT2D eigenvalue weighted by Crippen LogP contribution is 2.22. The van der Waals surface area contributed by atoms with Crippen molar-refractivity contribution in [1.29, 1.82) is 0 Å². The Balaban J connectivity index is 1.34. The predicted octanol–water partition coefficient (Wildman–Crippen LogP) is 5.41. The number of nitrogens with one attached hydrogen (secondary N) is 1. The van der Waals surface area contributed by atoms with Crippen LogP contribution in [0.1, 0.15) is 26.5 Å². The summed E-state index contributed by atoms with van der Waals surface area (Å²) in [5.41, 5.74) is 1.91. The second-order valence-corrected chi connectivity index (χ2v) is 7.74. The van der Waals surface area contributed by atoms with Gasteiger partial charge in [0.25, 0.3) is 0 Å². The van der Waals surface area contributed by atoms with Crippen LogP contribution < -0.4 is 9.47 Å². The van der Waals surface area contributed by atoms with Crippen molar-refractivity contribution < 1.29 is 24.2 Å². The highest BCUT2D eigenvalue weighted by Gasteiger charge is 2.14. The summed E-state index contributed by atoms with van der Waals surface area (Å²) in [7, 11) is 0. The van der Waals surface area contributed by atoms with Gasteiger partial charge in [0.1, 0.15) is 18.1 Å². The van der Waals surface area contributed by atoms with Crippen LogP contribution in [0.15, 0.2) is 60.7 Å². The first kappa shape index (κ1) is 21.7. The number of benzene rings is 3. The number of carboxylic acids is 1. The van der Waals surface area contributed by atoms with Gasteiger partial charge >= 0.3 is 5.97 Å². The second-order valence-electron chi connectivity index (χ2n) is 6.87. The fourth-order valence-electron chi connectivity index (χ4n) is 2.98. The Bertz CT molecular complexity index is 1280. The molecule has 4 rings (SSSR count). The van der Waals surface area contributed by atoms with Gasteiger partial charge in [-0.2, -0.15) is 0 Å². The molecular formula is C23H16Cl2N2O5. The number of halogens is 2. The average molecular weight is 471 g/mol. The molecule has 0 spiro atoms. The smallest absolute Gasteiger partial charge is 0.335 e. The molecule has 162 valence electrons. The molecule has 9 heteroatoms. The molecule has 0 atom stereocenters. The van der Waals surface area contributed by atoms with Crippen LogP contribution in [0.2, 0.25) is 10.0 Å². The van der Waals surface area contributed by atoms with Gasteiger partial charge in [0.05, 0.1) is 16.6 Å². The lowest BCUT2D eigenvalue weighted by Crippen LogP contribution is -2.13. The number of aromatic nitrogens is 2. The first-order chi connectivity index (χ1) is 15.4. The van der Waals surface area contributed by atoms with E-state index in [1.54, 1.807) is 48.5 Å². The predicted molar refractivity (Wildman–Crippen MR) is 120 cm³/mol. The van der Waals surface area contributed by atoms with E-state index < -0.39 is 5.97 Å². The second kappa shape index (κ2) is 9.30. The third kappa shape index (κ3) is 5.19. The lowest BCUT2D eigenvalue weighted by Gasteiger charge is -2.09. The zero-order chi connectivity index (χ0) is 22.7. The number of fused-ring (bicyclic) bond motifs is 1. The molecule has 4 aromatic rings. The molecule has 1 aromatic heterocycles. The van der Waals surface area contributed by atoms with E-state index in [2.05, 4.69) is 9.97 Å². The zero-order valence-electron chi connectivity index (χ0n) is 16.5. The van der Waals surface area contributed by atoms with Gasteiger partial charge in [-0.15, -0.1) is 0 Å². The molecule has 0 fully saturated rings. The summed E-state index contributed by atoms with van der Waals surface area (Å²) in [6, 6.07) is 16.4. The van der Waals surface area contributed by atoms with Crippen LogP contribution in [-0.2, 0) is 6.61 Å². The monoisotopic (exact) mass is 470 g/mol. The fourth-order valence-corrected chi connectivity index (χ4v) is 3.55. The molecule has 3 aromatic carbocycles. The summed E-state index contributed by atoms with van der Waals surface area (Å²) in [4.78, 5) is 30.5. The Morgan fingerprint density at radius 1 is 0.906 bits per heavy atom. The Morgan fingerprint density at radius 3 is 2.22 bits per heavy atom. The van der Waals surface area contributed by atoms with Crippen molar-refractivity contribution in [1.82, 2.24) is 9.97 Å². The Hall–Kier alpha value is -3.55. The van der Waals surface area contributed by atoms with Crippen molar-refractivity contribution in [3.63, 3.8) is 0 Å². The number of carbonyl (C=O) groups is 2. The van der Waals surface area contributed by atoms with E-state index in [0.29, 0.717) is 39.2 Å². The Labute approximate surface area is 192 Å². The van der Waals surface area contributed by atoms with Gasteiger partial charge in [0.15, 0.2) is 12.4 Å². The van der Waals surface area contributed by atoms with Crippen molar-refractivity contribution in [3.8, 4) is 11.5 Å². The van der Waals surface area contributed by atoms with Crippen molar-refractivity contribution in [2.45, 2.75) is 6.61 Å². The van der Waals surface area contributed by atoms with Gasteiger partial charge in [-0.25, -0.2) is 9.78 Å². The lowest BCUT2D eigenvalue weighted by molar-refractivity contribution is 0.0696. The van der Waals surface area contributed by atoms with Crippen LogP contribution in [-0.4, -0.2) is 33.4 Å². The SMILES string of the molecule is O=C(O)c1ccc2[nH]c(C(=O)COc3ccc(OCc4cc(Cl)cc(Cl)c4)cc3)nc2c1. The number of ketones is 1. The molecular weight excluding hydrogens is 455 g/mol. The largest absolute Gasteiger partial charge is 0.489 e. The minimum absolute atomic E-state index is 0.0972. The van der Waals surface area contributed by atoms with Crippen molar-refractivity contribution >= 4 is 46.0 Å². The summed E-state index contributed by atoms with van der Waals surface area (Å²) >= 11 is 12.0. The van der Waals surface area contributed by atoms with E-state index in [-0.39, 0.29) is 23.8 Å². The first-order valence-corrected chi connectivity index (χ1v) is 10.2. The number of Topliss-reactive ketones (excluding diaryl/α,β-unsaturated/α-hetero) is 1. The van der Waals surface area contributed by atoms with E-state index in [1.165, 1.54) is 12.1 Å². The maximum Gasteiger partial charge on any atom is 0.335 e. The summed E-state index contributed by atoms with van der Waals surface area (Å²) in [6.07, 6.45) is 0. The minimum Gasteiger partial charge on any atom is -0.489 e. The van der Waals surface area contributed by atoms with E-state index in [0.717, 1.165) is 5.56 Å². The van der Waals surface area contributed by atoms with E-state index >= 15 is 0 Å². The summed E-state index contributed by atoms with van der Waals surface area (Å²) in [5, 5.41) is 10.1. The molecule has 0 aliphatic rings. The van der Waals surface area contributed by atoms with Gasteiger partial charge in [-0.1, -0.05) is 23.2 Å². The van der Waals surface area contributed by atoms with Crippen LogP contribution in [0.25, 0.3) is 11.0 Å². The minimum atomic E-state index is -1.06. The van der Waals surface area contributed by atoms with E-state index in [4.69, 9.17) is 37.8 Å². The van der Waals surface area contributed by atoms with Gasteiger partial charge in [0, 0.05) is 10.0 Å². The maximum atomic E-state index is 12.4. The zero-order valence-corrected chi connectivity index (χ0v) is 18.0. The standard InChI is InChI=1S/C23H16Cl2N2O5/c24-15-7-13(8-16(25)10-15)11-31-17-2-4-18(5-3-17)32-12-21(28)22-26-19-6-1-14(23(29)30)9-20(19)27-22/h1-10H,11-12H2,(H,26,27)(H,29,30). The molecule has 32 heavy (non-hydrogen) atoms. The Morgan fingerprint density at radius 2 is 1.56 bits per heavy atom. The molecule has 0 aliphatic carbocycles. The van der Waals surface area contributed by atoms with Gasteiger partial charge in [0.2, 0.25) is 5.78 Å². The normalized spacial score (nSPS) is 10.8. The number of ether oxygens (including phenoxy) is 2. The van der Waals surface area contributed by atoms with Crippen LogP contribution in [0.5, 0.6) is 11.5 Å². The van der Waals surface area contributed by atoms with Gasteiger partial charge < -0.3 is 19.6 Å². The molecule has 0 saturated carbocycles. The average Bonchev–Trinajstić information content (AvgIpc) is 3.19. The molecule has 7 nitrogen and oxygen atoms in total. The van der Waals surface area contributed by atoms with Crippen LogP contribution >= 0.6 is 23.2 Å². The molecule has 0 radical (unpaired) electrons. The number of rotatable bonds is 8. The number of aromatic amines is 1. The summed E-state index contributed by atoms with van der Waals surface area (Å²) in [6.45, 7) is 0.0709. The number of imidazole rings is 1. The number of carboxylic acid groups (broad SMARTS) is 1. The van der Waals surface area contributed by atoms with E-state index in [9.17, 15) is 9.59 Å². The van der Waals surface area contributed by atoms with Crippen molar-refractivity contribution in [2.24, 2.45) is 0 Å². The highest BCUT2D eigenvalue weighted by atomic mass is 35.5. The maximum absolute atomic E-state index is 12.4. The first-order valence-electron chi connectivity index (χ1n) is 9.44. The van der Waals surface area contributed by atoms with Crippen LogP contribution in [0.4, 0.5) is 0 Å². The number of aromatic carboxylic acids is 1. The van der Waals surface area contributed by atoms with Gasteiger partial charge in [-0.3, -0.25) is 4.79 Å². The molecule has 0 saturated heterocycles. The third-order valence-corrected chi connectivity index (χ3v) is 4.95. The molecule has 0 bridgehead atoms. The summed E-state index contributed by atoms with van der Waals surface area (Å²) in [5.74, 6) is -0.221. The highest BCUT2D eigenvalue weighted by molar-refractivity contribution is 6.34. The van der Waals surface area contributed by atoms with Crippen LogP contribution in [0.3, 0.4) is 0 Å². The quantitative estimate of drug-likeness (QED) is 0.334. The van der Waals surface area contributed by atoms with E-state index in [1.807, 2.05) is 0 Å². The fraction of sp³-hybridized carbons (Fsp3) is 0.0870.